The van der Waals surface area contributed by atoms with Crippen LogP contribution in [0.2, 0.25) is 0 Å². The molecular weight excluding hydrogens is 236 g/mol. The fourth-order valence-electron chi connectivity index (χ4n) is 2.47. The molecule has 1 heterocycles. The maximum atomic E-state index is 13.3. The Hall–Kier alpha value is -1.00. The highest BCUT2D eigenvalue weighted by Gasteiger charge is 2.30. The summed E-state index contributed by atoms with van der Waals surface area (Å²) < 4.78 is 32.1. The Labute approximate surface area is 106 Å². The predicted octanol–water partition coefficient (Wildman–Crippen LogP) is 3.18. The summed E-state index contributed by atoms with van der Waals surface area (Å²) in [6.07, 6.45) is 2.22. The van der Waals surface area contributed by atoms with E-state index in [0.717, 1.165) is 24.9 Å². The highest BCUT2D eigenvalue weighted by Crippen LogP contribution is 2.30. The number of rotatable bonds is 4. The van der Waals surface area contributed by atoms with E-state index in [-0.39, 0.29) is 18.2 Å². The molecule has 3 atom stereocenters. The van der Waals surface area contributed by atoms with Gasteiger partial charge < -0.3 is 10.1 Å². The van der Waals surface area contributed by atoms with Crippen molar-refractivity contribution in [2.45, 2.75) is 44.9 Å². The zero-order valence-corrected chi connectivity index (χ0v) is 10.7. The van der Waals surface area contributed by atoms with E-state index in [4.69, 9.17) is 4.74 Å². The topological polar surface area (TPSA) is 21.3 Å². The van der Waals surface area contributed by atoms with E-state index in [1.54, 1.807) is 6.07 Å². The Morgan fingerprint density at radius 1 is 1.33 bits per heavy atom. The summed E-state index contributed by atoms with van der Waals surface area (Å²) in [5.41, 5.74) is 0.745. The number of likely N-dealkylation sites (N-methyl/N-ethyl adjacent to an activating group) is 1. The van der Waals surface area contributed by atoms with E-state index in [1.165, 1.54) is 12.1 Å². The van der Waals surface area contributed by atoms with Crippen LogP contribution in [-0.2, 0) is 4.74 Å². The smallest absolute Gasteiger partial charge is 0.159 e. The van der Waals surface area contributed by atoms with Gasteiger partial charge in [0.2, 0.25) is 0 Å². The van der Waals surface area contributed by atoms with Crippen molar-refractivity contribution in [3.05, 3.63) is 35.4 Å². The molecule has 0 radical (unpaired) electrons. The molecule has 1 aromatic rings. The normalized spacial score (nSPS) is 25.3. The SMILES string of the molecule is CCNC(c1ccc(F)c(F)c1)C1CCC(C)O1. The lowest BCUT2D eigenvalue weighted by Gasteiger charge is -2.25. The minimum atomic E-state index is -0.810. The molecule has 18 heavy (non-hydrogen) atoms. The Balaban J connectivity index is 2.20. The molecule has 0 amide bonds. The molecule has 0 bridgehead atoms. The van der Waals surface area contributed by atoms with Crippen molar-refractivity contribution in [1.82, 2.24) is 5.32 Å². The third-order valence-electron chi connectivity index (χ3n) is 3.36. The summed E-state index contributed by atoms with van der Waals surface area (Å²) in [4.78, 5) is 0. The number of hydrogen-bond donors (Lipinski definition) is 1. The lowest BCUT2D eigenvalue weighted by molar-refractivity contribution is 0.0319. The van der Waals surface area contributed by atoms with Crippen LogP contribution in [0.5, 0.6) is 0 Å². The molecule has 0 aliphatic carbocycles. The number of ether oxygens (including phenoxy) is 1. The number of nitrogens with one attached hydrogen (secondary N) is 1. The van der Waals surface area contributed by atoms with Crippen LogP contribution in [0.1, 0.15) is 38.3 Å². The summed E-state index contributed by atoms with van der Waals surface area (Å²) in [7, 11) is 0. The van der Waals surface area contributed by atoms with Crippen LogP contribution in [0.3, 0.4) is 0 Å². The minimum Gasteiger partial charge on any atom is -0.373 e. The molecule has 0 spiro atoms. The van der Waals surface area contributed by atoms with Crippen molar-refractivity contribution in [2.24, 2.45) is 0 Å². The molecule has 100 valence electrons. The number of benzene rings is 1. The van der Waals surface area contributed by atoms with Gasteiger partial charge in [0.05, 0.1) is 18.2 Å². The van der Waals surface area contributed by atoms with Gasteiger partial charge in [-0.25, -0.2) is 8.78 Å². The monoisotopic (exact) mass is 255 g/mol. The van der Waals surface area contributed by atoms with E-state index < -0.39 is 11.6 Å². The van der Waals surface area contributed by atoms with Gasteiger partial charge in [0.15, 0.2) is 11.6 Å². The van der Waals surface area contributed by atoms with E-state index in [1.807, 2.05) is 13.8 Å². The van der Waals surface area contributed by atoms with Gasteiger partial charge in [0.1, 0.15) is 0 Å². The first-order valence-electron chi connectivity index (χ1n) is 6.45. The molecule has 1 aromatic carbocycles. The van der Waals surface area contributed by atoms with Gasteiger partial charge in [-0.3, -0.25) is 0 Å². The Morgan fingerprint density at radius 2 is 2.11 bits per heavy atom. The standard InChI is InChI=1S/C14H19F2NO/c1-3-17-14(13-7-4-9(2)18-13)10-5-6-11(15)12(16)8-10/h5-6,8-9,13-14,17H,3-4,7H2,1-2H3. The van der Waals surface area contributed by atoms with Crippen molar-refractivity contribution in [3.8, 4) is 0 Å². The molecule has 1 N–H and O–H groups in total. The van der Waals surface area contributed by atoms with Gasteiger partial charge >= 0.3 is 0 Å². The van der Waals surface area contributed by atoms with Crippen molar-refractivity contribution in [2.75, 3.05) is 6.54 Å². The van der Waals surface area contributed by atoms with Gasteiger partial charge in [-0.15, -0.1) is 0 Å². The second kappa shape index (κ2) is 5.76. The lowest BCUT2D eigenvalue weighted by Crippen LogP contribution is -2.32. The molecule has 2 rings (SSSR count). The van der Waals surface area contributed by atoms with Crippen LogP contribution in [0.4, 0.5) is 8.78 Å². The van der Waals surface area contributed by atoms with Crippen LogP contribution in [-0.4, -0.2) is 18.8 Å². The average Bonchev–Trinajstić information content (AvgIpc) is 2.76. The number of hydrogen-bond acceptors (Lipinski definition) is 2. The first kappa shape index (κ1) is 13.4. The summed E-state index contributed by atoms with van der Waals surface area (Å²) in [6, 6.07) is 3.98. The molecule has 1 fully saturated rings. The second-order valence-electron chi connectivity index (χ2n) is 4.77. The first-order chi connectivity index (χ1) is 8.61. The van der Waals surface area contributed by atoms with Crippen LogP contribution in [0.25, 0.3) is 0 Å². The summed E-state index contributed by atoms with van der Waals surface area (Å²) in [5, 5.41) is 3.29. The third kappa shape index (κ3) is 2.87. The second-order valence-corrected chi connectivity index (χ2v) is 4.77. The van der Waals surface area contributed by atoms with Gasteiger partial charge in [0, 0.05) is 0 Å². The maximum absolute atomic E-state index is 13.3. The van der Waals surface area contributed by atoms with Crippen molar-refractivity contribution >= 4 is 0 Å². The first-order valence-corrected chi connectivity index (χ1v) is 6.45. The molecule has 3 unspecified atom stereocenters. The lowest BCUT2D eigenvalue weighted by atomic mass is 9.99. The van der Waals surface area contributed by atoms with Gasteiger partial charge in [-0.1, -0.05) is 13.0 Å². The van der Waals surface area contributed by atoms with Gasteiger partial charge in [-0.2, -0.15) is 0 Å². The largest absolute Gasteiger partial charge is 0.373 e. The molecule has 0 saturated carbocycles. The molecule has 2 nitrogen and oxygen atoms in total. The fraction of sp³-hybridized carbons (Fsp3) is 0.571. The molecule has 1 saturated heterocycles. The van der Waals surface area contributed by atoms with Gasteiger partial charge in [-0.05, 0) is 44.0 Å². The maximum Gasteiger partial charge on any atom is 0.159 e. The van der Waals surface area contributed by atoms with Crippen LogP contribution < -0.4 is 5.32 Å². The Bertz CT molecular complexity index is 411. The minimum absolute atomic E-state index is 0.0322. The zero-order valence-electron chi connectivity index (χ0n) is 10.7. The third-order valence-corrected chi connectivity index (χ3v) is 3.36. The van der Waals surface area contributed by atoms with Crippen LogP contribution in [0, 0.1) is 11.6 Å². The summed E-state index contributed by atoms with van der Waals surface area (Å²) in [6.45, 7) is 4.79. The predicted molar refractivity (Wildman–Crippen MR) is 66.3 cm³/mol. The fourth-order valence-corrected chi connectivity index (χ4v) is 2.47. The molecule has 1 aliphatic heterocycles. The highest BCUT2D eigenvalue weighted by atomic mass is 19.2. The average molecular weight is 255 g/mol. The van der Waals surface area contributed by atoms with E-state index in [9.17, 15) is 8.78 Å². The van der Waals surface area contributed by atoms with E-state index in [0.29, 0.717) is 0 Å². The molecule has 1 aliphatic rings. The van der Waals surface area contributed by atoms with E-state index in [2.05, 4.69) is 5.32 Å². The van der Waals surface area contributed by atoms with Crippen LogP contribution in [0.15, 0.2) is 18.2 Å². The van der Waals surface area contributed by atoms with Crippen molar-refractivity contribution < 1.29 is 13.5 Å². The molecular formula is C14H19F2NO. The Kier molecular flexibility index (Phi) is 4.30. The van der Waals surface area contributed by atoms with Crippen LogP contribution >= 0.6 is 0 Å². The van der Waals surface area contributed by atoms with Gasteiger partial charge in [0.25, 0.3) is 0 Å². The van der Waals surface area contributed by atoms with E-state index >= 15 is 0 Å². The quantitative estimate of drug-likeness (QED) is 0.892. The van der Waals surface area contributed by atoms with Crippen molar-refractivity contribution in [3.63, 3.8) is 0 Å². The van der Waals surface area contributed by atoms with Crippen molar-refractivity contribution in [1.29, 1.82) is 0 Å². The summed E-state index contributed by atoms with van der Waals surface area (Å²) >= 11 is 0. The molecule has 0 aromatic heterocycles. The number of halogens is 2. The highest BCUT2D eigenvalue weighted by molar-refractivity contribution is 5.22. The Morgan fingerprint density at radius 3 is 2.67 bits per heavy atom. The summed E-state index contributed by atoms with van der Waals surface area (Å²) in [5.74, 6) is -1.61. The molecule has 4 heteroatoms. The zero-order chi connectivity index (χ0) is 13.1.